The van der Waals surface area contributed by atoms with Gasteiger partial charge in [0, 0.05) is 0 Å². The van der Waals surface area contributed by atoms with Gasteiger partial charge in [-0.15, -0.1) is 0 Å². The predicted molar refractivity (Wildman–Crippen MR) is 144 cm³/mol. The summed E-state index contributed by atoms with van der Waals surface area (Å²) in [6.45, 7) is 0. The summed E-state index contributed by atoms with van der Waals surface area (Å²) in [6, 6.07) is 44.3. The van der Waals surface area contributed by atoms with Crippen LogP contribution in [0.1, 0.15) is 0 Å². The lowest BCUT2D eigenvalue weighted by Gasteiger charge is -2.34. The van der Waals surface area contributed by atoms with Crippen LogP contribution in [0, 0.1) is 0 Å². The van der Waals surface area contributed by atoms with Crippen molar-refractivity contribution in [2.24, 2.45) is 0 Å². The van der Waals surface area contributed by atoms with E-state index in [0.717, 1.165) is 0 Å². The molecule has 0 heterocycles. The zero-order valence-electron chi connectivity index (χ0n) is 15.8. The SMILES string of the molecule is ISC(P(c1ccccc1)c1ccccc1)P(c1ccccc1)c1ccccc1. The average Bonchev–Trinajstić information content (AvgIpc) is 2.81. The van der Waals surface area contributed by atoms with Crippen LogP contribution in [0.15, 0.2) is 121 Å². The molecule has 0 aliphatic rings. The third-order valence-electron chi connectivity index (χ3n) is 4.66. The molecule has 29 heavy (non-hydrogen) atoms. The molecule has 0 radical (unpaired) electrons. The van der Waals surface area contributed by atoms with Gasteiger partial charge in [-0.05, 0) is 58.3 Å². The molecule has 0 nitrogen and oxygen atoms in total. The average molecular weight is 542 g/mol. The monoisotopic (exact) mass is 542 g/mol. The molecule has 4 heteroatoms. The number of hydrogen-bond donors (Lipinski definition) is 0. The van der Waals surface area contributed by atoms with Crippen molar-refractivity contribution < 1.29 is 0 Å². The number of rotatable bonds is 7. The highest BCUT2D eigenvalue weighted by Gasteiger charge is 2.33. The van der Waals surface area contributed by atoms with E-state index >= 15 is 0 Å². The summed E-state index contributed by atoms with van der Waals surface area (Å²) >= 11 is 2.54. The van der Waals surface area contributed by atoms with Crippen LogP contribution in [0.5, 0.6) is 0 Å². The van der Waals surface area contributed by atoms with Crippen molar-refractivity contribution in [3.05, 3.63) is 121 Å². The fraction of sp³-hybridized carbons (Fsp3) is 0.0400. The van der Waals surface area contributed by atoms with Crippen molar-refractivity contribution in [3.8, 4) is 0 Å². The van der Waals surface area contributed by atoms with Gasteiger partial charge < -0.3 is 0 Å². The minimum Gasteiger partial charge on any atom is -0.0751 e. The highest BCUT2D eigenvalue weighted by atomic mass is 127. The highest BCUT2D eigenvalue weighted by Crippen LogP contribution is 2.62. The van der Waals surface area contributed by atoms with Gasteiger partial charge >= 0.3 is 0 Å². The molecule has 0 aliphatic heterocycles. The van der Waals surface area contributed by atoms with Crippen LogP contribution in [-0.4, -0.2) is 4.73 Å². The molecular weight excluding hydrogens is 521 g/mol. The van der Waals surface area contributed by atoms with Gasteiger partial charge in [0.05, 0.1) is 4.73 Å². The standard InChI is InChI=1S/C25H21IP2S/c26-29-25(27(21-13-5-1-6-14-21)22-15-7-2-8-16-22)28(23-17-9-3-10-18-23)24-19-11-4-12-20-24/h1-20,25H. The summed E-state index contributed by atoms with van der Waals surface area (Å²) in [7, 11) is 0.960. The van der Waals surface area contributed by atoms with Gasteiger partial charge in [-0.25, -0.2) is 0 Å². The number of halogens is 1. The molecule has 0 bridgehead atoms. The van der Waals surface area contributed by atoms with Crippen LogP contribution in [0.25, 0.3) is 0 Å². The lowest BCUT2D eigenvalue weighted by atomic mass is 10.4. The van der Waals surface area contributed by atoms with E-state index in [1.54, 1.807) is 0 Å². The van der Waals surface area contributed by atoms with Gasteiger partial charge in [0.25, 0.3) is 0 Å². The second kappa shape index (κ2) is 10.7. The topological polar surface area (TPSA) is 0 Å². The normalized spacial score (nSPS) is 11.3. The maximum Gasteiger partial charge on any atom is 0.0708 e. The minimum absolute atomic E-state index is 0.482. The largest absolute Gasteiger partial charge is 0.0751 e. The Morgan fingerprint density at radius 2 is 0.690 bits per heavy atom. The van der Waals surface area contributed by atoms with Gasteiger partial charge in [-0.2, -0.15) is 0 Å². The quantitative estimate of drug-likeness (QED) is 0.187. The van der Waals surface area contributed by atoms with Crippen molar-refractivity contribution in [1.29, 1.82) is 0 Å². The third kappa shape index (κ3) is 5.12. The molecule has 0 N–H and O–H groups in total. The van der Waals surface area contributed by atoms with Crippen LogP contribution in [0.3, 0.4) is 0 Å². The molecule has 144 valence electrons. The van der Waals surface area contributed by atoms with E-state index < -0.39 is 15.8 Å². The fourth-order valence-electron chi connectivity index (χ4n) is 3.36. The van der Waals surface area contributed by atoms with Crippen molar-refractivity contribution in [3.63, 3.8) is 0 Å². The first-order valence-electron chi connectivity index (χ1n) is 9.44. The minimum atomic E-state index is -0.517. The Kier molecular flexibility index (Phi) is 7.80. The Morgan fingerprint density at radius 3 is 0.897 bits per heavy atom. The molecular formula is C25H21IP2S. The fourth-order valence-corrected chi connectivity index (χ4v) is 15.7. The molecule has 4 aromatic rings. The predicted octanol–water partition coefficient (Wildman–Crippen LogP) is 6.62. The molecule has 0 unspecified atom stereocenters. The first-order valence-corrected chi connectivity index (χ1v) is 15.7. The maximum absolute atomic E-state index is 2.54. The Hall–Kier alpha value is -1.18. The van der Waals surface area contributed by atoms with E-state index in [9.17, 15) is 0 Å². The molecule has 0 fully saturated rings. The maximum atomic E-state index is 2.54. The molecule has 0 spiro atoms. The van der Waals surface area contributed by atoms with Gasteiger partial charge in [0.2, 0.25) is 0 Å². The Labute approximate surface area is 192 Å². The first kappa shape index (κ1) is 21.1. The van der Waals surface area contributed by atoms with Gasteiger partial charge in [0.1, 0.15) is 0 Å². The van der Waals surface area contributed by atoms with E-state index in [1.165, 1.54) is 21.2 Å². The van der Waals surface area contributed by atoms with E-state index in [2.05, 4.69) is 143 Å². The van der Waals surface area contributed by atoms with E-state index in [-0.39, 0.29) is 0 Å². The summed E-state index contributed by atoms with van der Waals surface area (Å²) in [4.78, 5) is 0. The number of hydrogen-bond acceptors (Lipinski definition) is 1. The zero-order valence-corrected chi connectivity index (χ0v) is 20.6. The lowest BCUT2D eigenvalue weighted by molar-refractivity contribution is 1.72. The van der Waals surface area contributed by atoms with Crippen LogP contribution in [0.4, 0.5) is 0 Å². The summed E-state index contributed by atoms with van der Waals surface area (Å²) in [5.74, 6) is 0. The van der Waals surface area contributed by atoms with Crippen LogP contribution in [-0.2, 0) is 0 Å². The third-order valence-corrected chi connectivity index (χ3v) is 16.3. The molecule has 4 aromatic carbocycles. The van der Waals surface area contributed by atoms with Crippen molar-refractivity contribution in [2.45, 2.75) is 4.73 Å². The molecule has 0 aliphatic carbocycles. The highest BCUT2D eigenvalue weighted by molar-refractivity contribution is 14.2. The van der Waals surface area contributed by atoms with Crippen LogP contribution in [0.2, 0.25) is 0 Å². The zero-order chi connectivity index (χ0) is 19.9. The lowest BCUT2D eigenvalue weighted by Crippen LogP contribution is -2.25. The number of benzene rings is 4. The molecule has 0 saturated carbocycles. The van der Waals surface area contributed by atoms with Gasteiger partial charge in [-0.1, -0.05) is 130 Å². The molecule has 0 saturated heterocycles. The first-order chi connectivity index (χ1) is 14.4. The second-order valence-corrected chi connectivity index (χ2v) is 14.4. The molecule has 4 rings (SSSR count). The Balaban J connectivity index is 1.88. The van der Waals surface area contributed by atoms with Crippen molar-refractivity contribution >= 4 is 67.2 Å². The van der Waals surface area contributed by atoms with E-state index in [4.69, 9.17) is 0 Å². The molecule has 0 atom stereocenters. The van der Waals surface area contributed by atoms with Crippen LogP contribution >= 0.6 is 46.0 Å². The van der Waals surface area contributed by atoms with Gasteiger partial charge in [-0.3, -0.25) is 0 Å². The second-order valence-electron chi connectivity index (χ2n) is 6.50. The van der Waals surface area contributed by atoms with Crippen LogP contribution < -0.4 is 21.2 Å². The van der Waals surface area contributed by atoms with Crippen molar-refractivity contribution in [1.82, 2.24) is 0 Å². The molecule has 0 aromatic heterocycles. The van der Waals surface area contributed by atoms with E-state index in [0.29, 0.717) is 4.73 Å². The van der Waals surface area contributed by atoms with E-state index in [1.807, 2.05) is 8.93 Å². The molecule has 0 amide bonds. The summed E-state index contributed by atoms with van der Waals surface area (Å²) in [5, 5.41) is 5.79. The summed E-state index contributed by atoms with van der Waals surface area (Å²) in [5.41, 5.74) is 0. The summed E-state index contributed by atoms with van der Waals surface area (Å²) in [6.07, 6.45) is 0. The van der Waals surface area contributed by atoms with Crippen molar-refractivity contribution in [2.75, 3.05) is 0 Å². The van der Waals surface area contributed by atoms with Gasteiger partial charge in [0.15, 0.2) is 0 Å². The smallest absolute Gasteiger partial charge is 0.0708 e. The summed E-state index contributed by atoms with van der Waals surface area (Å²) < 4.78 is 0.482. The Morgan fingerprint density at radius 1 is 0.448 bits per heavy atom. The Bertz CT molecular complexity index is 836.